The summed E-state index contributed by atoms with van der Waals surface area (Å²) in [6.07, 6.45) is 0.744. The molecule has 2 aromatic carbocycles. The van der Waals surface area contributed by atoms with Gasteiger partial charge in [0, 0.05) is 11.3 Å². The topological polar surface area (TPSA) is 81.4 Å². The maximum Gasteiger partial charge on any atom is 0.316 e. The number of methoxy groups -OCH3 is 1. The number of urea groups is 1. The van der Waals surface area contributed by atoms with E-state index in [9.17, 15) is 9.59 Å². The van der Waals surface area contributed by atoms with Crippen molar-refractivity contribution in [3.05, 3.63) is 48.0 Å². The van der Waals surface area contributed by atoms with Crippen LogP contribution in [0.25, 0.3) is 11.1 Å². The molecule has 0 fully saturated rings. The van der Waals surface area contributed by atoms with Gasteiger partial charge in [-0.2, -0.15) is 0 Å². The number of amides is 2. The van der Waals surface area contributed by atoms with E-state index < -0.39 is 6.03 Å². The van der Waals surface area contributed by atoms with Gasteiger partial charge in [0.05, 0.1) is 12.7 Å². The van der Waals surface area contributed by atoms with Crippen molar-refractivity contribution in [2.75, 3.05) is 12.4 Å². The first-order valence-electron chi connectivity index (χ1n) is 5.94. The molecule has 2 amide bonds. The highest BCUT2D eigenvalue weighted by Gasteiger charge is 2.10. The Morgan fingerprint density at radius 1 is 1.25 bits per heavy atom. The van der Waals surface area contributed by atoms with Crippen molar-refractivity contribution in [2.45, 2.75) is 0 Å². The Morgan fingerprint density at radius 2 is 2.00 bits per heavy atom. The summed E-state index contributed by atoms with van der Waals surface area (Å²) in [6, 6.07) is 11.8. The first-order chi connectivity index (χ1) is 9.65. The van der Waals surface area contributed by atoms with Crippen molar-refractivity contribution in [2.24, 2.45) is 5.73 Å². The van der Waals surface area contributed by atoms with Gasteiger partial charge in [-0.1, -0.05) is 24.3 Å². The van der Waals surface area contributed by atoms with Gasteiger partial charge in [0.1, 0.15) is 5.75 Å². The Bertz CT molecular complexity index is 653. The molecule has 0 aromatic heterocycles. The summed E-state index contributed by atoms with van der Waals surface area (Å²) in [5.41, 5.74) is 7.73. The van der Waals surface area contributed by atoms with Crippen LogP contribution in [0.4, 0.5) is 10.5 Å². The third-order valence-electron chi connectivity index (χ3n) is 2.82. The Labute approximate surface area is 116 Å². The molecule has 5 nitrogen and oxygen atoms in total. The number of carbonyl (C=O) groups is 2. The molecule has 0 atom stereocenters. The molecule has 3 N–H and O–H groups in total. The van der Waals surface area contributed by atoms with Gasteiger partial charge in [0.2, 0.25) is 0 Å². The first-order valence-corrected chi connectivity index (χ1v) is 5.94. The fraction of sp³-hybridized carbons (Fsp3) is 0.0667. The highest BCUT2D eigenvalue weighted by molar-refractivity contribution is 5.90. The van der Waals surface area contributed by atoms with Crippen LogP contribution in [-0.2, 0) is 0 Å². The molecule has 102 valence electrons. The summed E-state index contributed by atoms with van der Waals surface area (Å²) in [6.45, 7) is 0. The molecule has 0 spiro atoms. The average Bonchev–Trinajstić information content (AvgIpc) is 2.45. The number of para-hydroxylation sites is 1. The van der Waals surface area contributed by atoms with Crippen molar-refractivity contribution in [1.29, 1.82) is 0 Å². The van der Waals surface area contributed by atoms with E-state index in [1.54, 1.807) is 30.3 Å². The minimum atomic E-state index is -0.629. The molecule has 0 radical (unpaired) electrons. The number of hydrogen-bond donors (Lipinski definition) is 2. The van der Waals surface area contributed by atoms with Crippen LogP contribution in [0.3, 0.4) is 0 Å². The van der Waals surface area contributed by atoms with Crippen LogP contribution in [0.1, 0.15) is 10.4 Å². The Balaban J connectivity index is 2.51. The summed E-state index contributed by atoms with van der Waals surface area (Å²) < 4.78 is 5.30. The van der Waals surface area contributed by atoms with Gasteiger partial charge in [-0.25, -0.2) is 4.79 Å². The number of benzene rings is 2. The molecule has 0 aliphatic heterocycles. The van der Waals surface area contributed by atoms with Crippen LogP contribution >= 0.6 is 0 Å². The highest BCUT2D eigenvalue weighted by atomic mass is 16.5. The van der Waals surface area contributed by atoms with Gasteiger partial charge in [0.15, 0.2) is 6.29 Å². The lowest BCUT2D eigenvalue weighted by atomic mass is 10.0. The van der Waals surface area contributed by atoms with E-state index in [-0.39, 0.29) is 0 Å². The van der Waals surface area contributed by atoms with Crippen LogP contribution < -0.4 is 15.8 Å². The van der Waals surface area contributed by atoms with Gasteiger partial charge >= 0.3 is 6.03 Å². The van der Waals surface area contributed by atoms with Gasteiger partial charge in [-0.3, -0.25) is 4.79 Å². The van der Waals surface area contributed by atoms with Crippen molar-refractivity contribution in [3.8, 4) is 16.9 Å². The van der Waals surface area contributed by atoms with Crippen molar-refractivity contribution in [3.63, 3.8) is 0 Å². The standard InChI is InChI=1S/C15H14N2O3/c1-20-14-11(9-18)5-3-7-13(14)10-4-2-6-12(8-10)17-15(16)19/h2-9H,1H3,(H3,16,17,19). The molecule has 0 heterocycles. The molecule has 0 saturated carbocycles. The van der Waals surface area contributed by atoms with Crippen LogP contribution in [-0.4, -0.2) is 19.4 Å². The fourth-order valence-electron chi connectivity index (χ4n) is 2.01. The molecule has 0 aliphatic carbocycles. The Morgan fingerprint density at radius 3 is 2.65 bits per heavy atom. The molecule has 0 aliphatic rings. The number of carbonyl (C=O) groups excluding carboxylic acids is 2. The zero-order chi connectivity index (χ0) is 14.5. The number of rotatable bonds is 4. The zero-order valence-electron chi connectivity index (χ0n) is 10.9. The predicted octanol–water partition coefficient (Wildman–Crippen LogP) is 2.67. The molecule has 2 rings (SSSR count). The minimum absolute atomic E-state index is 0.471. The number of anilines is 1. The van der Waals surface area contributed by atoms with Gasteiger partial charge in [-0.05, 0) is 23.8 Å². The van der Waals surface area contributed by atoms with E-state index in [1.807, 2.05) is 12.1 Å². The van der Waals surface area contributed by atoms with Crippen molar-refractivity contribution in [1.82, 2.24) is 0 Å². The molecule has 5 heteroatoms. The lowest BCUT2D eigenvalue weighted by Crippen LogP contribution is -2.19. The van der Waals surface area contributed by atoms with E-state index in [0.29, 0.717) is 17.0 Å². The molecule has 20 heavy (non-hydrogen) atoms. The van der Waals surface area contributed by atoms with Crippen LogP contribution in [0, 0.1) is 0 Å². The maximum absolute atomic E-state index is 11.0. The lowest BCUT2D eigenvalue weighted by molar-refractivity contribution is 0.112. The van der Waals surface area contributed by atoms with E-state index in [0.717, 1.165) is 17.4 Å². The number of nitrogens with one attached hydrogen (secondary N) is 1. The number of primary amides is 1. The second-order valence-electron chi connectivity index (χ2n) is 4.12. The maximum atomic E-state index is 11.0. The Hall–Kier alpha value is -2.82. The molecular weight excluding hydrogens is 256 g/mol. The molecule has 0 saturated heterocycles. The van der Waals surface area contributed by atoms with E-state index in [2.05, 4.69) is 5.32 Å². The smallest absolute Gasteiger partial charge is 0.316 e. The molecular formula is C15H14N2O3. The number of aldehydes is 1. The van der Waals surface area contributed by atoms with Gasteiger partial charge in [-0.15, -0.1) is 0 Å². The van der Waals surface area contributed by atoms with Crippen molar-refractivity contribution >= 4 is 18.0 Å². The largest absolute Gasteiger partial charge is 0.495 e. The zero-order valence-corrected chi connectivity index (χ0v) is 10.9. The fourth-order valence-corrected chi connectivity index (χ4v) is 2.01. The second kappa shape index (κ2) is 5.88. The summed E-state index contributed by atoms with van der Waals surface area (Å²) >= 11 is 0. The number of ether oxygens (including phenoxy) is 1. The third kappa shape index (κ3) is 2.77. The predicted molar refractivity (Wildman–Crippen MR) is 77.0 cm³/mol. The van der Waals surface area contributed by atoms with E-state index in [4.69, 9.17) is 10.5 Å². The third-order valence-corrected chi connectivity index (χ3v) is 2.82. The normalized spacial score (nSPS) is 9.85. The SMILES string of the molecule is COc1c(C=O)cccc1-c1cccc(NC(N)=O)c1. The second-order valence-corrected chi connectivity index (χ2v) is 4.12. The minimum Gasteiger partial charge on any atom is -0.495 e. The van der Waals surface area contributed by atoms with Gasteiger partial charge < -0.3 is 15.8 Å². The summed E-state index contributed by atoms with van der Waals surface area (Å²) in [7, 11) is 1.51. The number of hydrogen-bond acceptors (Lipinski definition) is 3. The Kier molecular flexibility index (Phi) is 4.00. The monoisotopic (exact) mass is 270 g/mol. The summed E-state index contributed by atoms with van der Waals surface area (Å²) in [4.78, 5) is 21.9. The van der Waals surface area contributed by atoms with Crippen LogP contribution in [0.5, 0.6) is 5.75 Å². The van der Waals surface area contributed by atoms with Crippen LogP contribution in [0.15, 0.2) is 42.5 Å². The van der Waals surface area contributed by atoms with E-state index in [1.165, 1.54) is 7.11 Å². The molecule has 2 aromatic rings. The molecule has 0 bridgehead atoms. The average molecular weight is 270 g/mol. The van der Waals surface area contributed by atoms with Crippen LogP contribution in [0.2, 0.25) is 0 Å². The van der Waals surface area contributed by atoms with Crippen molar-refractivity contribution < 1.29 is 14.3 Å². The highest BCUT2D eigenvalue weighted by Crippen LogP contribution is 2.33. The molecule has 0 unspecified atom stereocenters. The van der Waals surface area contributed by atoms with E-state index >= 15 is 0 Å². The summed E-state index contributed by atoms with van der Waals surface area (Å²) in [5.74, 6) is 0.499. The quantitative estimate of drug-likeness (QED) is 0.838. The van der Waals surface area contributed by atoms with Gasteiger partial charge in [0.25, 0.3) is 0 Å². The number of nitrogens with two attached hydrogens (primary N) is 1. The first kappa shape index (κ1) is 13.6. The summed E-state index contributed by atoms with van der Waals surface area (Å²) in [5, 5.41) is 2.51. The lowest BCUT2D eigenvalue weighted by Gasteiger charge is -2.12.